The van der Waals surface area contributed by atoms with Crippen LogP contribution in [0.5, 0.6) is 0 Å². The fraction of sp³-hybridized carbons (Fsp3) is 0.565. The molecule has 2 aliphatic heterocycles. The summed E-state index contributed by atoms with van der Waals surface area (Å²) in [4.78, 5) is 28.9. The van der Waals surface area contributed by atoms with E-state index in [0.29, 0.717) is 17.1 Å². The Morgan fingerprint density at radius 2 is 1.97 bits per heavy atom. The first-order valence-electron chi connectivity index (χ1n) is 11.2. The third-order valence-electron chi connectivity index (χ3n) is 7.02. The number of rotatable bonds is 5. The first-order valence-corrected chi connectivity index (χ1v) is 11.2. The van der Waals surface area contributed by atoms with Gasteiger partial charge in [0.25, 0.3) is 5.56 Å². The van der Waals surface area contributed by atoms with Gasteiger partial charge in [0, 0.05) is 45.8 Å². The molecule has 2 saturated heterocycles. The first kappa shape index (κ1) is 20.5. The van der Waals surface area contributed by atoms with Crippen LogP contribution in [0.3, 0.4) is 0 Å². The number of piperazine rings is 1. The number of carboxylic acids is 1. The van der Waals surface area contributed by atoms with Crippen LogP contribution in [0.15, 0.2) is 17.1 Å². The topological polar surface area (TPSA) is 77.3 Å². The molecule has 3 aliphatic rings. The highest BCUT2D eigenvalue weighted by molar-refractivity contribution is 5.89. The number of aromatic nitrogens is 1. The van der Waals surface area contributed by atoms with Gasteiger partial charge in [-0.2, -0.15) is 0 Å². The fourth-order valence-electron chi connectivity index (χ4n) is 5.33. The van der Waals surface area contributed by atoms with Gasteiger partial charge in [-0.1, -0.05) is 0 Å². The van der Waals surface area contributed by atoms with Gasteiger partial charge in [-0.05, 0) is 55.2 Å². The number of nitrogens with zero attached hydrogens (tertiary/aromatic N) is 3. The number of halogens is 1. The lowest BCUT2D eigenvalue weighted by Crippen LogP contribution is -2.45. The Bertz CT molecular complexity index is 1090. The number of carbonyl (C=O) groups is 1. The van der Waals surface area contributed by atoms with E-state index in [9.17, 15) is 14.7 Å². The van der Waals surface area contributed by atoms with Crippen molar-refractivity contribution in [2.75, 3.05) is 50.7 Å². The maximum atomic E-state index is 15.3. The number of nitrogens with one attached hydrogen (secondary N) is 1. The molecule has 7 nitrogen and oxygen atoms in total. The zero-order valence-corrected chi connectivity index (χ0v) is 17.9. The number of hydrogen-bond donors (Lipinski definition) is 2. The number of aryl methyl sites for hydroxylation is 1. The van der Waals surface area contributed by atoms with E-state index in [1.54, 1.807) is 0 Å². The zero-order chi connectivity index (χ0) is 21.7. The summed E-state index contributed by atoms with van der Waals surface area (Å²) in [6, 6.07) is 1.52. The standard InChI is InChI=1S/C23H29FN4O3/c1-14-20-17(16-2-3-16)10-18(23(30)31)22(29)28(20)13-19(24)21(14)27-7-4-15(12-27)11-26-8-5-25-6-9-26/h10,13,15-16,25H,2-9,11-12H2,1H3,(H,30,31)/t15-/m1/s1. The van der Waals surface area contributed by atoms with E-state index < -0.39 is 17.3 Å². The van der Waals surface area contributed by atoms with Gasteiger partial charge in [-0.25, -0.2) is 9.18 Å². The smallest absolute Gasteiger partial charge is 0.341 e. The van der Waals surface area contributed by atoms with Gasteiger partial charge < -0.3 is 20.2 Å². The van der Waals surface area contributed by atoms with Crippen LogP contribution in [-0.2, 0) is 0 Å². The zero-order valence-electron chi connectivity index (χ0n) is 17.9. The summed E-state index contributed by atoms with van der Waals surface area (Å²) in [5, 5.41) is 12.8. The molecule has 0 unspecified atom stereocenters. The van der Waals surface area contributed by atoms with Crippen molar-refractivity contribution in [3.05, 3.63) is 45.1 Å². The molecule has 0 spiro atoms. The van der Waals surface area contributed by atoms with E-state index in [-0.39, 0.29) is 11.5 Å². The predicted molar refractivity (Wildman–Crippen MR) is 117 cm³/mol. The van der Waals surface area contributed by atoms with Gasteiger partial charge in [-0.15, -0.1) is 0 Å². The number of pyridine rings is 2. The Kier molecular flexibility index (Phi) is 5.22. The summed E-state index contributed by atoms with van der Waals surface area (Å²) in [6.07, 6.45) is 4.15. The van der Waals surface area contributed by atoms with Crippen LogP contribution in [0, 0.1) is 18.7 Å². The maximum absolute atomic E-state index is 15.3. The predicted octanol–water partition coefficient (Wildman–Crippen LogP) is 2.05. The quantitative estimate of drug-likeness (QED) is 0.759. The van der Waals surface area contributed by atoms with Crippen molar-refractivity contribution >= 4 is 17.2 Å². The van der Waals surface area contributed by atoms with Crippen LogP contribution in [0.4, 0.5) is 10.1 Å². The molecule has 166 valence electrons. The van der Waals surface area contributed by atoms with E-state index in [0.717, 1.165) is 76.2 Å². The van der Waals surface area contributed by atoms with E-state index in [2.05, 4.69) is 15.1 Å². The fourth-order valence-corrected chi connectivity index (χ4v) is 5.33. The molecule has 0 amide bonds. The van der Waals surface area contributed by atoms with E-state index in [1.807, 2.05) is 6.92 Å². The minimum absolute atomic E-state index is 0.241. The van der Waals surface area contributed by atoms with Gasteiger partial charge in [0.1, 0.15) is 5.56 Å². The third kappa shape index (κ3) is 3.72. The Morgan fingerprint density at radius 3 is 2.65 bits per heavy atom. The Labute approximate surface area is 180 Å². The number of hydrogen-bond acceptors (Lipinski definition) is 5. The lowest BCUT2D eigenvalue weighted by atomic mass is 10.0. The van der Waals surface area contributed by atoms with Gasteiger partial charge in [0.05, 0.1) is 17.4 Å². The normalized spacial score (nSPS) is 22.4. The van der Waals surface area contributed by atoms with Crippen LogP contribution >= 0.6 is 0 Å². The van der Waals surface area contributed by atoms with E-state index >= 15 is 4.39 Å². The summed E-state index contributed by atoms with van der Waals surface area (Å²) < 4.78 is 16.5. The minimum Gasteiger partial charge on any atom is -0.477 e. The number of anilines is 1. The molecule has 3 fully saturated rings. The van der Waals surface area contributed by atoms with Crippen molar-refractivity contribution < 1.29 is 14.3 Å². The second-order valence-electron chi connectivity index (χ2n) is 9.22. The summed E-state index contributed by atoms with van der Waals surface area (Å²) in [7, 11) is 0. The maximum Gasteiger partial charge on any atom is 0.341 e. The van der Waals surface area contributed by atoms with Crippen molar-refractivity contribution in [1.82, 2.24) is 14.6 Å². The lowest BCUT2D eigenvalue weighted by molar-refractivity contribution is 0.0694. The summed E-state index contributed by atoms with van der Waals surface area (Å²) in [5.41, 5.74) is 1.87. The van der Waals surface area contributed by atoms with Crippen LogP contribution in [0.2, 0.25) is 0 Å². The second kappa shape index (κ2) is 7.91. The van der Waals surface area contributed by atoms with Crippen LogP contribution in [0.1, 0.15) is 46.7 Å². The molecule has 1 aliphatic carbocycles. The van der Waals surface area contributed by atoms with Gasteiger partial charge in [-0.3, -0.25) is 9.20 Å². The number of aromatic carboxylic acids is 1. The average molecular weight is 429 g/mol. The monoisotopic (exact) mass is 428 g/mol. The largest absolute Gasteiger partial charge is 0.477 e. The van der Waals surface area contributed by atoms with Crippen molar-refractivity contribution in [2.45, 2.75) is 32.1 Å². The molecule has 0 bridgehead atoms. The minimum atomic E-state index is -1.27. The molecular formula is C23H29FN4O3. The van der Waals surface area contributed by atoms with Crippen LogP contribution in [0.25, 0.3) is 5.52 Å². The Balaban J connectivity index is 1.51. The molecule has 1 saturated carbocycles. The molecule has 5 rings (SSSR count). The summed E-state index contributed by atoms with van der Waals surface area (Å²) >= 11 is 0. The second-order valence-corrected chi connectivity index (χ2v) is 9.22. The van der Waals surface area contributed by atoms with E-state index in [1.165, 1.54) is 16.7 Å². The van der Waals surface area contributed by atoms with Crippen molar-refractivity contribution in [3.63, 3.8) is 0 Å². The lowest BCUT2D eigenvalue weighted by Gasteiger charge is -2.30. The molecule has 1 atom stereocenters. The highest BCUT2D eigenvalue weighted by Gasteiger charge is 2.32. The van der Waals surface area contributed by atoms with Gasteiger partial charge in [0.2, 0.25) is 0 Å². The first-order chi connectivity index (χ1) is 14.9. The molecule has 2 aromatic rings. The third-order valence-corrected chi connectivity index (χ3v) is 7.02. The molecule has 4 heterocycles. The van der Waals surface area contributed by atoms with Crippen molar-refractivity contribution in [3.8, 4) is 0 Å². The summed E-state index contributed by atoms with van der Waals surface area (Å²) in [5.74, 6) is -0.990. The SMILES string of the molecule is Cc1c(N2CC[C@H](CN3CCNCC3)C2)c(F)cn2c(=O)c(C(=O)O)cc(C3CC3)c12. The van der Waals surface area contributed by atoms with Crippen LogP contribution < -0.4 is 15.8 Å². The summed E-state index contributed by atoms with van der Waals surface area (Å²) in [6.45, 7) is 8.63. The Hall–Kier alpha value is -2.45. The molecule has 2 aromatic heterocycles. The molecular weight excluding hydrogens is 399 g/mol. The molecule has 0 aromatic carbocycles. The number of carboxylic acid groups (broad SMARTS) is 1. The molecule has 8 heteroatoms. The van der Waals surface area contributed by atoms with E-state index in [4.69, 9.17) is 0 Å². The highest BCUT2D eigenvalue weighted by Crippen LogP contribution is 2.44. The molecule has 0 radical (unpaired) electrons. The molecule has 2 N–H and O–H groups in total. The number of fused-ring (bicyclic) bond motifs is 1. The Morgan fingerprint density at radius 1 is 1.23 bits per heavy atom. The molecule has 31 heavy (non-hydrogen) atoms. The van der Waals surface area contributed by atoms with Gasteiger partial charge >= 0.3 is 5.97 Å². The van der Waals surface area contributed by atoms with Crippen molar-refractivity contribution in [2.24, 2.45) is 5.92 Å². The van der Waals surface area contributed by atoms with Crippen molar-refractivity contribution in [1.29, 1.82) is 0 Å². The average Bonchev–Trinajstić information content (AvgIpc) is 3.49. The van der Waals surface area contributed by atoms with Gasteiger partial charge in [0.15, 0.2) is 5.82 Å². The highest BCUT2D eigenvalue weighted by atomic mass is 19.1. The van der Waals surface area contributed by atoms with Crippen LogP contribution in [-0.4, -0.2) is 66.2 Å².